The molecule has 0 saturated carbocycles. The third kappa shape index (κ3) is 4.86. The average Bonchev–Trinajstić information content (AvgIpc) is 2.87. The van der Waals surface area contributed by atoms with E-state index in [1.165, 1.54) is 29.1 Å². The van der Waals surface area contributed by atoms with Gasteiger partial charge in [0.25, 0.3) is 5.56 Å². The normalized spacial score (nSPS) is 12.7. The number of ketones is 1. The fourth-order valence-electron chi connectivity index (χ4n) is 2.19. The Morgan fingerprint density at radius 1 is 1.33 bits per heavy atom. The van der Waals surface area contributed by atoms with Gasteiger partial charge in [0.1, 0.15) is 10.7 Å². The highest BCUT2D eigenvalue weighted by Gasteiger charge is 2.19. The molecule has 6 nitrogen and oxygen atoms in total. The van der Waals surface area contributed by atoms with E-state index in [1.807, 2.05) is 26.8 Å². The van der Waals surface area contributed by atoms with E-state index in [-0.39, 0.29) is 17.9 Å². The number of benzene rings is 1. The van der Waals surface area contributed by atoms with Crippen molar-refractivity contribution < 1.29 is 14.3 Å². The number of nitrogens with zero attached hydrogens (tertiary/aromatic N) is 2. The van der Waals surface area contributed by atoms with Gasteiger partial charge in [0.05, 0.1) is 11.6 Å². The van der Waals surface area contributed by atoms with Crippen molar-refractivity contribution in [2.45, 2.75) is 20.8 Å². The Morgan fingerprint density at radius 3 is 2.63 bits per heavy atom. The Hall–Kier alpha value is -2.85. The molecule has 0 spiro atoms. The molecule has 0 fully saturated rings. The van der Waals surface area contributed by atoms with Gasteiger partial charge in [-0.3, -0.25) is 9.59 Å². The van der Waals surface area contributed by atoms with Crippen LogP contribution in [0.2, 0.25) is 0 Å². The van der Waals surface area contributed by atoms with E-state index in [1.54, 1.807) is 31.3 Å². The van der Waals surface area contributed by atoms with Gasteiger partial charge in [-0.25, -0.2) is 0 Å². The molecule has 1 aromatic carbocycles. The second kappa shape index (κ2) is 8.23. The van der Waals surface area contributed by atoms with E-state index in [0.717, 1.165) is 5.56 Å². The summed E-state index contributed by atoms with van der Waals surface area (Å²) >= 11 is 1.26. The van der Waals surface area contributed by atoms with Gasteiger partial charge < -0.3 is 14.0 Å². The van der Waals surface area contributed by atoms with Gasteiger partial charge in [-0.1, -0.05) is 26.8 Å². The van der Waals surface area contributed by atoms with E-state index in [0.29, 0.717) is 20.7 Å². The number of carbonyl (C=O) groups excluding carboxylic acids is 1. The van der Waals surface area contributed by atoms with Gasteiger partial charge in [-0.15, -0.1) is 11.3 Å². The zero-order valence-corrected chi connectivity index (χ0v) is 16.8. The number of carbonyl (C=O) groups is 1. The Bertz CT molecular complexity index is 1070. The lowest BCUT2D eigenvalue weighted by Gasteiger charge is -2.12. The van der Waals surface area contributed by atoms with Crippen molar-refractivity contribution in [3.63, 3.8) is 0 Å². The Kier molecular flexibility index (Phi) is 6.24. The molecule has 0 aliphatic heterocycles. The first kappa shape index (κ1) is 20.5. The molecule has 0 N–H and O–H groups in total. The van der Waals surface area contributed by atoms with Crippen LogP contribution in [0.5, 0.6) is 11.5 Å². The molecule has 0 saturated heterocycles. The van der Waals surface area contributed by atoms with Crippen molar-refractivity contribution in [2.24, 2.45) is 12.5 Å². The summed E-state index contributed by atoms with van der Waals surface area (Å²) in [6.45, 7) is 5.44. The second-order valence-electron chi connectivity index (χ2n) is 6.93. The molecule has 0 bridgehead atoms. The molecule has 0 unspecified atom stereocenters. The highest BCUT2D eigenvalue weighted by molar-refractivity contribution is 7.07. The summed E-state index contributed by atoms with van der Waals surface area (Å²) in [5.41, 5.74) is 0.0804. The maximum atomic E-state index is 12.5. The predicted molar refractivity (Wildman–Crippen MR) is 105 cm³/mol. The van der Waals surface area contributed by atoms with Crippen molar-refractivity contribution in [2.75, 3.05) is 13.7 Å². The lowest BCUT2D eigenvalue weighted by Crippen LogP contribution is -2.30. The zero-order valence-electron chi connectivity index (χ0n) is 16.0. The number of aromatic nitrogens is 1. The number of methoxy groups -OCH3 is 1. The minimum absolute atomic E-state index is 0.0356. The van der Waals surface area contributed by atoms with Gasteiger partial charge >= 0.3 is 0 Å². The smallest absolute Gasteiger partial charge is 0.268 e. The standard InChI is InChI=1S/C20H22N2O4S/c1-20(2,3)17(23)12-18-22(4)19(24)16(27-18)11-13-6-7-14(26-9-8-21)15(10-13)25-5/h6-7,10-12H,9H2,1-5H3/b16-11-,18-12-. The molecule has 2 rings (SSSR count). The van der Waals surface area contributed by atoms with Crippen LogP contribution >= 0.6 is 11.3 Å². The van der Waals surface area contributed by atoms with Crippen molar-refractivity contribution in [3.8, 4) is 17.6 Å². The number of hydrogen-bond donors (Lipinski definition) is 0. The van der Waals surface area contributed by atoms with Gasteiger partial charge in [0.2, 0.25) is 0 Å². The molecule has 0 amide bonds. The number of rotatable bonds is 5. The zero-order chi connectivity index (χ0) is 20.2. The van der Waals surface area contributed by atoms with Crippen molar-refractivity contribution in [3.05, 3.63) is 43.3 Å². The summed E-state index contributed by atoms with van der Waals surface area (Å²) in [6.07, 6.45) is 3.26. The minimum Gasteiger partial charge on any atom is -0.493 e. The fraction of sp³-hybridized carbons (Fsp3) is 0.350. The van der Waals surface area contributed by atoms with Crippen LogP contribution in [0.3, 0.4) is 0 Å². The number of nitriles is 1. The fourth-order valence-corrected chi connectivity index (χ4v) is 3.22. The number of hydrogen-bond acceptors (Lipinski definition) is 6. The van der Waals surface area contributed by atoms with Crippen LogP contribution in [0.15, 0.2) is 23.0 Å². The Morgan fingerprint density at radius 2 is 2.04 bits per heavy atom. The maximum Gasteiger partial charge on any atom is 0.268 e. The van der Waals surface area contributed by atoms with E-state index in [2.05, 4.69) is 0 Å². The highest BCUT2D eigenvalue weighted by atomic mass is 32.1. The predicted octanol–water partition coefficient (Wildman–Crippen LogP) is 1.58. The molecule has 0 aliphatic rings. The van der Waals surface area contributed by atoms with Crippen molar-refractivity contribution in [1.82, 2.24) is 4.57 Å². The largest absolute Gasteiger partial charge is 0.493 e. The molecule has 27 heavy (non-hydrogen) atoms. The van der Waals surface area contributed by atoms with Crippen LogP contribution in [0.1, 0.15) is 26.3 Å². The van der Waals surface area contributed by atoms with Gasteiger partial charge in [0, 0.05) is 18.5 Å². The molecule has 2 aromatic rings. The Labute approximate surface area is 161 Å². The summed E-state index contributed by atoms with van der Waals surface area (Å²) < 4.78 is 13.2. The maximum absolute atomic E-state index is 12.5. The molecule has 0 radical (unpaired) electrons. The number of Topliss-reactive ketones (excluding diaryl/α,β-unsaturated/α-hetero) is 1. The summed E-state index contributed by atoms with van der Waals surface area (Å²) in [7, 11) is 3.16. The summed E-state index contributed by atoms with van der Waals surface area (Å²) in [5.74, 6) is 0.897. The van der Waals surface area contributed by atoms with Crippen LogP contribution in [0, 0.1) is 16.7 Å². The third-order valence-corrected chi connectivity index (χ3v) is 4.95. The SMILES string of the molecule is COc1cc(/C=c2\s/c(=C\C(=O)C(C)(C)C)n(C)c2=O)ccc1OCC#N. The van der Waals surface area contributed by atoms with E-state index >= 15 is 0 Å². The third-order valence-electron chi connectivity index (χ3n) is 3.83. The quantitative estimate of drug-likeness (QED) is 0.779. The molecule has 0 aliphatic carbocycles. The molecule has 1 aromatic heterocycles. The summed E-state index contributed by atoms with van der Waals surface area (Å²) in [5, 5.41) is 8.63. The van der Waals surface area contributed by atoms with Crippen molar-refractivity contribution in [1.29, 1.82) is 5.26 Å². The van der Waals surface area contributed by atoms with E-state index in [4.69, 9.17) is 14.7 Å². The minimum atomic E-state index is -0.503. The van der Waals surface area contributed by atoms with Gasteiger partial charge in [0.15, 0.2) is 23.9 Å². The molecule has 1 heterocycles. The van der Waals surface area contributed by atoms with Gasteiger partial charge in [-0.05, 0) is 23.8 Å². The van der Waals surface area contributed by atoms with Crippen LogP contribution in [-0.4, -0.2) is 24.1 Å². The summed E-state index contributed by atoms with van der Waals surface area (Å²) in [6, 6.07) is 7.10. The lowest BCUT2D eigenvalue weighted by molar-refractivity contribution is -0.120. The Balaban J connectivity index is 2.51. The molecule has 7 heteroatoms. The summed E-state index contributed by atoms with van der Waals surface area (Å²) in [4.78, 5) is 24.8. The van der Waals surface area contributed by atoms with E-state index in [9.17, 15) is 9.59 Å². The van der Waals surface area contributed by atoms with Crippen molar-refractivity contribution >= 4 is 29.3 Å². The molecular weight excluding hydrogens is 364 g/mol. The first-order valence-corrected chi connectivity index (χ1v) is 9.10. The van der Waals surface area contributed by atoms with Crippen LogP contribution in [0.4, 0.5) is 0 Å². The lowest BCUT2D eigenvalue weighted by atomic mass is 9.91. The monoisotopic (exact) mass is 386 g/mol. The van der Waals surface area contributed by atoms with Crippen LogP contribution in [-0.2, 0) is 11.8 Å². The first-order chi connectivity index (χ1) is 12.7. The topological polar surface area (TPSA) is 81.3 Å². The first-order valence-electron chi connectivity index (χ1n) is 8.29. The second-order valence-corrected chi connectivity index (χ2v) is 7.99. The van der Waals surface area contributed by atoms with Crippen LogP contribution < -0.4 is 24.2 Å². The number of thiazole rings is 1. The molecule has 142 valence electrons. The average molecular weight is 386 g/mol. The van der Waals surface area contributed by atoms with E-state index < -0.39 is 5.41 Å². The van der Waals surface area contributed by atoms with Crippen LogP contribution in [0.25, 0.3) is 12.2 Å². The molecule has 0 atom stereocenters. The van der Waals surface area contributed by atoms with Gasteiger partial charge in [-0.2, -0.15) is 5.26 Å². The number of ether oxygens (including phenoxy) is 2. The molecular formula is C20H22N2O4S. The highest BCUT2D eigenvalue weighted by Crippen LogP contribution is 2.28.